The molecule has 31 heavy (non-hydrogen) atoms. The van der Waals surface area contributed by atoms with Gasteiger partial charge in [0.05, 0.1) is 18.6 Å². The summed E-state index contributed by atoms with van der Waals surface area (Å²) in [7, 11) is -2.00. The van der Waals surface area contributed by atoms with Crippen molar-refractivity contribution in [2.45, 2.75) is 36.7 Å². The van der Waals surface area contributed by atoms with Crippen molar-refractivity contribution >= 4 is 15.9 Å². The molecule has 2 saturated heterocycles. The molecular weight excluding hydrogens is 420 g/mol. The number of ether oxygens (including phenoxy) is 2. The van der Waals surface area contributed by atoms with Crippen molar-refractivity contribution in [1.82, 2.24) is 19.2 Å². The van der Waals surface area contributed by atoms with E-state index in [2.05, 4.69) is 9.97 Å². The summed E-state index contributed by atoms with van der Waals surface area (Å²) in [5.74, 6) is 0.265. The lowest BCUT2D eigenvalue weighted by molar-refractivity contribution is 0.0525. The second-order valence-electron chi connectivity index (χ2n) is 7.65. The number of likely N-dealkylation sites (tertiary alicyclic amines) is 1. The number of carbonyl (C=O) groups is 1. The monoisotopic (exact) mass is 446 g/mol. The van der Waals surface area contributed by atoms with Gasteiger partial charge < -0.3 is 14.4 Å². The third kappa shape index (κ3) is 4.80. The average molecular weight is 447 g/mol. The maximum Gasteiger partial charge on any atom is 0.319 e. The summed E-state index contributed by atoms with van der Waals surface area (Å²) in [5.41, 5.74) is 0.463. The van der Waals surface area contributed by atoms with Crippen LogP contribution in [0.25, 0.3) is 0 Å². The number of nitrogens with zero attached hydrogens (tertiary/aromatic N) is 4. The summed E-state index contributed by atoms with van der Waals surface area (Å²) >= 11 is 0. The lowest BCUT2D eigenvalue weighted by Crippen LogP contribution is -2.44. The maximum absolute atomic E-state index is 13.0. The van der Waals surface area contributed by atoms with Crippen LogP contribution in [0.4, 0.5) is 0 Å². The maximum atomic E-state index is 13.0. The number of benzene rings is 1. The molecule has 0 N–H and O–H groups in total. The minimum atomic E-state index is -3.49. The number of hydrogen-bond acceptors (Lipinski definition) is 7. The zero-order valence-electron chi connectivity index (χ0n) is 17.4. The molecule has 2 aliphatic rings. The van der Waals surface area contributed by atoms with E-state index in [1.807, 2.05) is 0 Å². The Kier molecular flexibility index (Phi) is 6.38. The third-order valence-corrected chi connectivity index (χ3v) is 7.46. The van der Waals surface area contributed by atoms with Crippen molar-refractivity contribution in [2.75, 3.05) is 33.3 Å². The van der Waals surface area contributed by atoms with Gasteiger partial charge in [0.15, 0.2) is 0 Å². The summed E-state index contributed by atoms with van der Waals surface area (Å²) < 4.78 is 37.8. The number of rotatable bonds is 6. The molecule has 1 amide bonds. The molecule has 2 aromatic rings. The molecule has 10 heteroatoms. The van der Waals surface area contributed by atoms with Crippen molar-refractivity contribution in [3.63, 3.8) is 0 Å². The number of carbonyl (C=O) groups excluding carboxylic acids is 1. The third-order valence-electron chi connectivity index (χ3n) is 5.55. The molecule has 4 rings (SSSR count). The van der Waals surface area contributed by atoms with Crippen molar-refractivity contribution in [3.8, 4) is 11.9 Å². The van der Waals surface area contributed by atoms with Crippen molar-refractivity contribution in [2.24, 2.45) is 0 Å². The molecule has 0 saturated carbocycles. The van der Waals surface area contributed by atoms with E-state index >= 15 is 0 Å². The highest BCUT2D eigenvalue weighted by molar-refractivity contribution is 7.89. The van der Waals surface area contributed by atoms with E-state index in [4.69, 9.17) is 9.47 Å². The van der Waals surface area contributed by atoms with Gasteiger partial charge in [0.1, 0.15) is 6.10 Å². The molecule has 1 aromatic heterocycles. The van der Waals surface area contributed by atoms with E-state index in [0.717, 1.165) is 25.7 Å². The Morgan fingerprint density at radius 2 is 1.81 bits per heavy atom. The van der Waals surface area contributed by atoms with Crippen LogP contribution in [-0.4, -0.2) is 72.9 Å². The van der Waals surface area contributed by atoms with E-state index in [1.165, 1.54) is 23.5 Å². The van der Waals surface area contributed by atoms with Crippen LogP contribution in [0.15, 0.2) is 41.4 Å². The fraction of sp³-hybridized carbons (Fsp3) is 0.476. The average Bonchev–Trinajstić information content (AvgIpc) is 3.35. The first-order valence-electron chi connectivity index (χ1n) is 10.4. The minimum Gasteiger partial charge on any atom is -0.472 e. The zero-order valence-corrected chi connectivity index (χ0v) is 18.3. The summed E-state index contributed by atoms with van der Waals surface area (Å²) in [6.07, 6.45) is 4.76. The molecule has 2 fully saturated rings. The van der Waals surface area contributed by atoms with E-state index < -0.39 is 10.0 Å². The van der Waals surface area contributed by atoms with Gasteiger partial charge in [-0.25, -0.2) is 13.4 Å². The van der Waals surface area contributed by atoms with Gasteiger partial charge in [0.25, 0.3) is 5.91 Å². The van der Waals surface area contributed by atoms with Gasteiger partial charge in [-0.2, -0.15) is 9.29 Å². The van der Waals surface area contributed by atoms with E-state index in [0.29, 0.717) is 37.6 Å². The smallest absolute Gasteiger partial charge is 0.319 e. The molecule has 166 valence electrons. The highest BCUT2D eigenvalue weighted by Gasteiger charge is 2.29. The Labute approximate surface area is 182 Å². The minimum absolute atomic E-state index is 0.140. The SMILES string of the molecule is COc1nccc(OC2CCCN(C(=O)c3ccc(S(=O)(=O)N4CCCC4)cc3)C2)n1. The van der Waals surface area contributed by atoms with Gasteiger partial charge in [0, 0.05) is 37.5 Å². The van der Waals surface area contributed by atoms with Gasteiger partial charge in [0.2, 0.25) is 15.9 Å². The lowest BCUT2D eigenvalue weighted by Gasteiger charge is -2.32. The number of hydrogen-bond donors (Lipinski definition) is 0. The lowest BCUT2D eigenvalue weighted by atomic mass is 10.1. The first-order chi connectivity index (χ1) is 15.0. The van der Waals surface area contributed by atoms with Crippen LogP contribution in [0.2, 0.25) is 0 Å². The summed E-state index contributed by atoms with van der Waals surface area (Å²) in [6.45, 7) is 2.16. The molecule has 1 unspecified atom stereocenters. The molecule has 3 heterocycles. The molecule has 0 spiro atoms. The first kappa shape index (κ1) is 21.5. The normalized spacial score (nSPS) is 19.9. The van der Waals surface area contributed by atoms with Gasteiger partial charge >= 0.3 is 6.01 Å². The molecule has 0 radical (unpaired) electrons. The van der Waals surface area contributed by atoms with Crippen molar-refractivity contribution < 1.29 is 22.7 Å². The van der Waals surface area contributed by atoms with Crippen molar-refractivity contribution in [3.05, 3.63) is 42.1 Å². The van der Waals surface area contributed by atoms with Gasteiger partial charge in [-0.05, 0) is 49.9 Å². The predicted molar refractivity (Wildman–Crippen MR) is 113 cm³/mol. The standard InChI is InChI=1S/C21H26N4O5S/c1-29-21-22-11-10-19(23-21)30-17-5-4-12-24(15-17)20(26)16-6-8-18(9-7-16)31(27,28)25-13-2-3-14-25/h6-11,17H,2-5,12-15H2,1H3. The molecule has 9 nitrogen and oxygen atoms in total. The van der Waals surface area contributed by atoms with Crippen LogP contribution in [0.1, 0.15) is 36.0 Å². The van der Waals surface area contributed by atoms with E-state index in [-0.39, 0.29) is 22.9 Å². The highest BCUT2D eigenvalue weighted by Crippen LogP contribution is 2.23. The molecule has 1 aromatic carbocycles. The number of aromatic nitrogens is 2. The Bertz CT molecular complexity index is 1020. The summed E-state index contributed by atoms with van der Waals surface area (Å²) in [6, 6.07) is 8.10. The van der Waals surface area contributed by atoms with Crippen molar-refractivity contribution in [1.29, 1.82) is 0 Å². The second-order valence-corrected chi connectivity index (χ2v) is 9.59. The molecular formula is C21H26N4O5S. The van der Waals surface area contributed by atoms with E-state index in [9.17, 15) is 13.2 Å². The first-order valence-corrected chi connectivity index (χ1v) is 11.8. The highest BCUT2D eigenvalue weighted by atomic mass is 32.2. The number of methoxy groups -OCH3 is 1. The number of amides is 1. The second kappa shape index (κ2) is 9.19. The van der Waals surface area contributed by atoms with Crippen LogP contribution in [0.5, 0.6) is 11.9 Å². The Morgan fingerprint density at radius 1 is 1.06 bits per heavy atom. The molecule has 0 aliphatic carbocycles. The summed E-state index contributed by atoms with van der Waals surface area (Å²) in [4.78, 5) is 23.1. The van der Waals surface area contributed by atoms with Crippen LogP contribution >= 0.6 is 0 Å². The van der Waals surface area contributed by atoms with Crippen LogP contribution in [0.3, 0.4) is 0 Å². The van der Waals surface area contributed by atoms with Gasteiger partial charge in [-0.15, -0.1) is 0 Å². The van der Waals surface area contributed by atoms with Crippen LogP contribution in [0, 0.1) is 0 Å². The summed E-state index contributed by atoms with van der Waals surface area (Å²) in [5, 5.41) is 0. The number of sulfonamides is 1. The quantitative estimate of drug-likeness (QED) is 0.668. The fourth-order valence-corrected chi connectivity index (χ4v) is 5.43. The molecule has 2 aliphatic heterocycles. The predicted octanol–water partition coefficient (Wildman–Crippen LogP) is 1.95. The molecule has 1 atom stereocenters. The van der Waals surface area contributed by atoms with Crippen LogP contribution in [-0.2, 0) is 10.0 Å². The van der Waals surface area contributed by atoms with E-state index in [1.54, 1.807) is 29.3 Å². The van der Waals surface area contributed by atoms with Gasteiger partial charge in [-0.1, -0.05) is 0 Å². The Hall–Kier alpha value is -2.72. The van der Waals surface area contributed by atoms with Crippen LogP contribution < -0.4 is 9.47 Å². The fourth-order valence-electron chi connectivity index (χ4n) is 3.91. The largest absolute Gasteiger partial charge is 0.472 e. The number of piperidine rings is 1. The zero-order chi connectivity index (χ0) is 21.8. The topological polar surface area (TPSA) is 102 Å². The Balaban J connectivity index is 1.41. The van der Waals surface area contributed by atoms with Gasteiger partial charge in [-0.3, -0.25) is 4.79 Å². The Morgan fingerprint density at radius 3 is 2.52 bits per heavy atom. The molecule has 0 bridgehead atoms.